The van der Waals surface area contributed by atoms with Gasteiger partial charge in [-0.1, -0.05) is 25.1 Å². The van der Waals surface area contributed by atoms with Crippen molar-refractivity contribution in [1.82, 2.24) is 4.98 Å². The molecule has 0 aliphatic rings. The van der Waals surface area contributed by atoms with Gasteiger partial charge in [0, 0.05) is 35.8 Å². The Morgan fingerprint density at radius 1 is 1.44 bits per heavy atom. The molecule has 0 bridgehead atoms. The lowest BCUT2D eigenvalue weighted by atomic mass is 9.96. The number of carbonyl (C=O) groups is 1. The fraction of sp³-hybridized carbons (Fsp3) is 0.231. The summed E-state index contributed by atoms with van der Waals surface area (Å²) in [6.07, 6.45) is 3.45. The molecule has 3 nitrogen and oxygen atoms in total. The SMILES string of the molecule is CC(CN)C(=O)c1cccc2ccncc12. The van der Waals surface area contributed by atoms with Gasteiger partial charge in [0.15, 0.2) is 5.78 Å². The highest BCUT2D eigenvalue weighted by atomic mass is 16.1. The molecular formula is C13H14N2O. The van der Waals surface area contributed by atoms with Crippen LogP contribution >= 0.6 is 0 Å². The van der Waals surface area contributed by atoms with Gasteiger partial charge in [0.2, 0.25) is 0 Å². The quantitative estimate of drug-likeness (QED) is 0.795. The first-order valence-electron chi connectivity index (χ1n) is 5.31. The van der Waals surface area contributed by atoms with Crippen LogP contribution in [0.2, 0.25) is 0 Å². The zero-order valence-corrected chi connectivity index (χ0v) is 9.18. The largest absolute Gasteiger partial charge is 0.330 e. The minimum absolute atomic E-state index is 0.0844. The molecule has 0 saturated heterocycles. The van der Waals surface area contributed by atoms with E-state index in [1.54, 1.807) is 12.4 Å². The molecule has 0 amide bonds. The normalized spacial score (nSPS) is 12.6. The van der Waals surface area contributed by atoms with Gasteiger partial charge in [0.25, 0.3) is 0 Å². The Labute approximate surface area is 94.3 Å². The van der Waals surface area contributed by atoms with Crippen molar-refractivity contribution in [1.29, 1.82) is 0 Å². The summed E-state index contributed by atoms with van der Waals surface area (Å²) in [7, 11) is 0. The molecule has 0 aliphatic carbocycles. The second-order valence-electron chi connectivity index (χ2n) is 3.90. The van der Waals surface area contributed by atoms with Crippen molar-refractivity contribution in [2.24, 2.45) is 11.7 Å². The number of rotatable bonds is 3. The lowest BCUT2D eigenvalue weighted by molar-refractivity contribution is 0.0936. The summed E-state index contributed by atoms with van der Waals surface area (Å²) in [5.41, 5.74) is 6.23. The van der Waals surface area contributed by atoms with Gasteiger partial charge in [0.1, 0.15) is 0 Å². The van der Waals surface area contributed by atoms with Crippen LogP contribution in [0.15, 0.2) is 36.7 Å². The molecule has 0 fully saturated rings. The molecule has 16 heavy (non-hydrogen) atoms. The van der Waals surface area contributed by atoms with Crippen LogP contribution in [-0.4, -0.2) is 17.3 Å². The minimum Gasteiger partial charge on any atom is -0.330 e. The van der Waals surface area contributed by atoms with Crippen molar-refractivity contribution in [3.05, 3.63) is 42.2 Å². The highest BCUT2D eigenvalue weighted by Gasteiger charge is 2.15. The molecule has 1 unspecified atom stereocenters. The second-order valence-corrected chi connectivity index (χ2v) is 3.90. The third kappa shape index (κ3) is 1.82. The highest BCUT2D eigenvalue weighted by Crippen LogP contribution is 2.20. The summed E-state index contributed by atoms with van der Waals surface area (Å²) < 4.78 is 0. The third-order valence-electron chi connectivity index (χ3n) is 2.75. The summed E-state index contributed by atoms with van der Waals surface area (Å²) in [4.78, 5) is 16.1. The maximum atomic E-state index is 12.1. The number of Topliss-reactive ketones (excluding diaryl/α,β-unsaturated/α-hetero) is 1. The molecular weight excluding hydrogens is 200 g/mol. The molecule has 82 valence electrons. The Bertz CT molecular complexity index is 517. The number of hydrogen-bond acceptors (Lipinski definition) is 3. The van der Waals surface area contributed by atoms with Gasteiger partial charge in [0.05, 0.1) is 0 Å². The Hall–Kier alpha value is -1.74. The lowest BCUT2D eigenvalue weighted by Gasteiger charge is -2.09. The Morgan fingerprint density at radius 3 is 3.00 bits per heavy atom. The number of aromatic nitrogens is 1. The number of fused-ring (bicyclic) bond motifs is 1. The van der Waals surface area contributed by atoms with Crippen molar-refractivity contribution in [3.63, 3.8) is 0 Å². The molecule has 2 N–H and O–H groups in total. The maximum Gasteiger partial charge on any atom is 0.167 e. The molecule has 0 aliphatic heterocycles. The van der Waals surface area contributed by atoms with E-state index in [-0.39, 0.29) is 11.7 Å². The van der Waals surface area contributed by atoms with Crippen molar-refractivity contribution >= 4 is 16.6 Å². The molecule has 2 rings (SSSR count). The topological polar surface area (TPSA) is 56.0 Å². The monoisotopic (exact) mass is 214 g/mol. The maximum absolute atomic E-state index is 12.1. The van der Waals surface area contributed by atoms with Gasteiger partial charge in [-0.05, 0) is 11.5 Å². The van der Waals surface area contributed by atoms with Crippen LogP contribution in [0.1, 0.15) is 17.3 Å². The number of hydrogen-bond donors (Lipinski definition) is 1. The number of nitrogens with two attached hydrogens (primary N) is 1. The molecule has 2 aromatic rings. The Kier molecular flexibility index (Phi) is 2.97. The van der Waals surface area contributed by atoms with Crippen molar-refractivity contribution < 1.29 is 4.79 Å². The molecule has 0 saturated carbocycles. The molecule has 0 radical (unpaired) electrons. The summed E-state index contributed by atoms with van der Waals surface area (Å²) in [5, 5.41) is 1.93. The minimum atomic E-state index is -0.147. The summed E-state index contributed by atoms with van der Waals surface area (Å²) >= 11 is 0. The van der Waals surface area contributed by atoms with Gasteiger partial charge in [-0.3, -0.25) is 9.78 Å². The first-order chi connectivity index (χ1) is 7.74. The fourth-order valence-corrected chi connectivity index (χ4v) is 1.70. The van der Waals surface area contributed by atoms with Crippen LogP contribution in [0.5, 0.6) is 0 Å². The van der Waals surface area contributed by atoms with Crippen LogP contribution < -0.4 is 5.73 Å². The fourth-order valence-electron chi connectivity index (χ4n) is 1.70. The van der Waals surface area contributed by atoms with E-state index in [9.17, 15) is 4.79 Å². The highest BCUT2D eigenvalue weighted by molar-refractivity contribution is 6.08. The number of benzene rings is 1. The molecule has 1 atom stereocenters. The Balaban J connectivity index is 2.56. The standard InChI is InChI=1S/C13H14N2O/c1-9(7-14)13(16)11-4-2-3-10-5-6-15-8-12(10)11/h2-6,8-9H,7,14H2,1H3. The van der Waals surface area contributed by atoms with Crippen LogP contribution in [0.25, 0.3) is 10.8 Å². The van der Waals surface area contributed by atoms with Gasteiger partial charge < -0.3 is 5.73 Å². The predicted octanol–water partition coefficient (Wildman–Crippen LogP) is 2.01. The number of nitrogens with zero attached hydrogens (tertiary/aromatic N) is 1. The first kappa shape index (κ1) is 10.8. The van der Waals surface area contributed by atoms with Crippen molar-refractivity contribution in [2.75, 3.05) is 6.54 Å². The van der Waals surface area contributed by atoms with E-state index in [1.807, 2.05) is 31.2 Å². The summed E-state index contributed by atoms with van der Waals surface area (Å²) in [6.45, 7) is 2.22. The van der Waals surface area contributed by atoms with E-state index in [1.165, 1.54) is 0 Å². The first-order valence-corrected chi connectivity index (χ1v) is 5.31. The van der Waals surface area contributed by atoms with Gasteiger partial charge in [-0.2, -0.15) is 0 Å². The Morgan fingerprint density at radius 2 is 2.25 bits per heavy atom. The number of pyridine rings is 1. The van der Waals surface area contributed by atoms with Crippen molar-refractivity contribution in [3.8, 4) is 0 Å². The molecule has 1 aromatic carbocycles. The molecule has 1 heterocycles. The van der Waals surface area contributed by atoms with E-state index in [0.29, 0.717) is 12.1 Å². The number of ketones is 1. The summed E-state index contributed by atoms with van der Waals surface area (Å²) in [6, 6.07) is 7.59. The van der Waals surface area contributed by atoms with Gasteiger partial charge in [-0.25, -0.2) is 0 Å². The average Bonchev–Trinajstić information content (AvgIpc) is 2.36. The van der Waals surface area contributed by atoms with Crippen LogP contribution in [0.3, 0.4) is 0 Å². The van der Waals surface area contributed by atoms with E-state index in [0.717, 1.165) is 10.8 Å². The smallest absolute Gasteiger partial charge is 0.167 e. The van der Waals surface area contributed by atoms with E-state index >= 15 is 0 Å². The molecule has 3 heteroatoms. The zero-order chi connectivity index (χ0) is 11.5. The van der Waals surface area contributed by atoms with E-state index < -0.39 is 0 Å². The second kappa shape index (κ2) is 4.41. The predicted molar refractivity (Wildman–Crippen MR) is 64.3 cm³/mol. The molecule has 1 aromatic heterocycles. The van der Waals surface area contributed by atoms with Crippen LogP contribution in [0.4, 0.5) is 0 Å². The van der Waals surface area contributed by atoms with E-state index in [4.69, 9.17) is 5.73 Å². The van der Waals surface area contributed by atoms with Gasteiger partial charge in [-0.15, -0.1) is 0 Å². The number of carbonyl (C=O) groups excluding carboxylic acids is 1. The molecule has 0 spiro atoms. The summed E-state index contributed by atoms with van der Waals surface area (Å²) in [5.74, 6) is -0.0630. The van der Waals surface area contributed by atoms with Crippen LogP contribution in [-0.2, 0) is 0 Å². The average molecular weight is 214 g/mol. The van der Waals surface area contributed by atoms with Gasteiger partial charge >= 0.3 is 0 Å². The van der Waals surface area contributed by atoms with E-state index in [2.05, 4.69) is 4.98 Å². The third-order valence-corrected chi connectivity index (χ3v) is 2.75. The van der Waals surface area contributed by atoms with Crippen LogP contribution in [0, 0.1) is 5.92 Å². The van der Waals surface area contributed by atoms with Crippen molar-refractivity contribution in [2.45, 2.75) is 6.92 Å². The lowest BCUT2D eigenvalue weighted by Crippen LogP contribution is -2.20. The zero-order valence-electron chi connectivity index (χ0n) is 9.18.